The number of urea groups is 1. The van der Waals surface area contributed by atoms with Crippen LogP contribution in [-0.4, -0.2) is 25.3 Å². The Labute approximate surface area is 115 Å². The third kappa shape index (κ3) is 3.71. The van der Waals surface area contributed by atoms with E-state index in [4.69, 9.17) is 4.74 Å². The van der Waals surface area contributed by atoms with Gasteiger partial charge in [0.05, 0.1) is 6.10 Å². The van der Waals surface area contributed by atoms with E-state index in [1.54, 1.807) is 0 Å². The first-order valence-electron chi connectivity index (χ1n) is 6.08. The van der Waals surface area contributed by atoms with Gasteiger partial charge in [-0.1, -0.05) is 15.9 Å². The van der Waals surface area contributed by atoms with E-state index in [1.807, 2.05) is 25.1 Å². The minimum atomic E-state index is -0.188. The standard InChI is InChI=1S/C13H17BrN2O2/c1-9-7-10(4-5-12(9)14)16-13(17)15-8-11-3-2-6-18-11/h4-5,7,11H,2-3,6,8H2,1H3,(H2,15,16,17). The molecule has 18 heavy (non-hydrogen) atoms. The van der Waals surface area contributed by atoms with E-state index < -0.39 is 0 Å². The number of hydrogen-bond acceptors (Lipinski definition) is 2. The number of hydrogen-bond donors (Lipinski definition) is 2. The summed E-state index contributed by atoms with van der Waals surface area (Å²) in [5.41, 5.74) is 1.88. The van der Waals surface area contributed by atoms with Crippen molar-refractivity contribution in [3.8, 4) is 0 Å². The van der Waals surface area contributed by atoms with E-state index in [2.05, 4.69) is 26.6 Å². The third-order valence-corrected chi connectivity index (χ3v) is 3.82. The summed E-state index contributed by atoms with van der Waals surface area (Å²) >= 11 is 3.43. The molecular formula is C13H17BrN2O2. The zero-order chi connectivity index (χ0) is 13.0. The van der Waals surface area contributed by atoms with Crippen LogP contribution in [0.25, 0.3) is 0 Å². The smallest absolute Gasteiger partial charge is 0.319 e. The van der Waals surface area contributed by atoms with Gasteiger partial charge in [0.2, 0.25) is 0 Å². The summed E-state index contributed by atoms with van der Waals surface area (Å²) in [5, 5.41) is 5.63. The van der Waals surface area contributed by atoms with E-state index >= 15 is 0 Å². The van der Waals surface area contributed by atoms with E-state index in [0.717, 1.165) is 35.2 Å². The van der Waals surface area contributed by atoms with E-state index in [0.29, 0.717) is 6.54 Å². The van der Waals surface area contributed by atoms with Gasteiger partial charge in [0.15, 0.2) is 0 Å². The molecule has 1 aromatic rings. The van der Waals surface area contributed by atoms with Crippen molar-refractivity contribution in [3.63, 3.8) is 0 Å². The van der Waals surface area contributed by atoms with Crippen molar-refractivity contribution < 1.29 is 9.53 Å². The number of halogens is 1. The number of rotatable bonds is 3. The summed E-state index contributed by atoms with van der Waals surface area (Å²) in [6.45, 7) is 3.36. The molecule has 0 bridgehead atoms. The number of anilines is 1. The normalized spacial score (nSPS) is 18.7. The summed E-state index contributed by atoms with van der Waals surface area (Å²) in [4.78, 5) is 11.7. The van der Waals surface area contributed by atoms with Crippen LogP contribution in [0, 0.1) is 6.92 Å². The van der Waals surface area contributed by atoms with Gasteiger partial charge in [-0.05, 0) is 43.5 Å². The molecule has 1 unspecified atom stereocenters. The number of benzene rings is 1. The molecule has 2 rings (SSSR count). The van der Waals surface area contributed by atoms with Crippen molar-refractivity contribution in [3.05, 3.63) is 28.2 Å². The summed E-state index contributed by atoms with van der Waals surface area (Å²) < 4.78 is 6.47. The maximum Gasteiger partial charge on any atom is 0.319 e. The molecule has 98 valence electrons. The van der Waals surface area contributed by atoms with Gasteiger partial charge in [0, 0.05) is 23.3 Å². The Balaban J connectivity index is 1.80. The Bertz CT molecular complexity index is 431. The van der Waals surface area contributed by atoms with Gasteiger partial charge in [-0.3, -0.25) is 0 Å². The van der Waals surface area contributed by atoms with Crippen LogP contribution in [0.4, 0.5) is 10.5 Å². The van der Waals surface area contributed by atoms with E-state index in [9.17, 15) is 4.79 Å². The van der Waals surface area contributed by atoms with Gasteiger partial charge in [-0.15, -0.1) is 0 Å². The highest BCUT2D eigenvalue weighted by Gasteiger charge is 2.16. The minimum absolute atomic E-state index is 0.169. The Morgan fingerprint density at radius 2 is 2.39 bits per heavy atom. The monoisotopic (exact) mass is 312 g/mol. The van der Waals surface area contributed by atoms with Crippen molar-refractivity contribution in [1.82, 2.24) is 5.32 Å². The molecule has 1 aliphatic heterocycles. The van der Waals surface area contributed by atoms with E-state index in [1.165, 1.54) is 0 Å². The maximum atomic E-state index is 11.7. The molecule has 1 atom stereocenters. The van der Waals surface area contributed by atoms with Gasteiger partial charge >= 0.3 is 6.03 Å². The lowest BCUT2D eigenvalue weighted by atomic mass is 10.2. The molecule has 5 heteroatoms. The van der Waals surface area contributed by atoms with Crippen LogP contribution in [0.15, 0.2) is 22.7 Å². The topological polar surface area (TPSA) is 50.4 Å². The minimum Gasteiger partial charge on any atom is -0.376 e. The molecule has 4 nitrogen and oxygen atoms in total. The van der Waals surface area contributed by atoms with Crippen LogP contribution in [0.1, 0.15) is 18.4 Å². The SMILES string of the molecule is Cc1cc(NC(=O)NCC2CCCO2)ccc1Br. The van der Waals surface area contributed by atoms with Gasteiger partial charge in [0.1, 0.15) is 0 Å². The fourth-order valence-corrected chi connectivity index (χ4v) is 2.16. The van der Waals surface area contributed by atoms with Crippen LogP contribution in [0.2, 0.25) is 0 Å². The number of amides is 2. The molecule has 2 amide bonds. The molecule has 1 saturated heterocycles. The van der Waals surface area contributed by atoms with Gasteiger partial charge in [-0.25, -0.2) is 4.79 Å². The predicted octanol–water partition coefficient (Wildman–Crippen LogP) is 3.06. The average Bonchev–Trinajstić information content (AvgIpc) is 2.84. The first-order valence-corrected chi connectivity index (χ1v) is 6.87. The molecule has 0 aliphatic carbocycles. The van der Waals surface area contributed by atoms with Crippen molar-refractivity contribution in [2.45, 2.75) is 25.9 Å². The molecular weight excluding hydrogens is 296 g/mol. The zero-order valence-corrected chi connectivity index (χ0v) is 11.9. The van der Waals surface area contributed by atoms with E-state index in [-0.39, 0.29) is 12.1 Å². The van der Waals surface area contributed by atoms with Crippen molar-refractivity contribution in [2.75, 3.05) is 18.5 Å². The fourth-order valence-electron chi connectivity index (χ4n) is 1.91. The first kappa shape index (κ1) is 13.4. The molecule has 1 aliphatic rings. The number of carbonyl (C=O) groups excluding carboxylic acids is 1. The second-order valence-electron chi connectivity index (χ2n) is 4.43. The lowest BCUT2D eigenvalue weighted by Gasteiger charge is -2.12. The lowest BCUT2D eigenvalue weighted by Crippen LogP contribution is -2.35. The molecule has 0 aromatic heterocycles. The van der Waals surface area contributed by atoms with Crippen molar-refractivity contribution in [1.29, 1.82) is 0 Å². The first-order chi connectivity index (χ1) is 8.65. The Kier molecular flexibility index (Phi) is 4.60. The lowest BCUT2D eigenvalue weighted by molar-refractivity contribution is 0.112. The summed E-state index contributed by atoms with van der Waals surface area (Å²) in [6, 6.07) is 5.52. The molecule has 1 heterocycles. The van der Waals surface area contributed by atoms with Gasteiger partial charge < -0.3 is 15.4 Å². The zero-order valence-electron chi connectivity index (χ0n) is 10.3. The Hall–Kier alpha value is -1.07. The predicted molar refractivity (Wildman–Crippen MR) is 74.9 cm³/mol. The van der Waals surface area contributed by atoms with Crippen LogP contribution in [-0.2, 0) is 4.74 Å². The number of aryl methyl sites for hydroxylation is 1. The summed E-state index contributed by atoms with van der Waals surface area (Å²) in [6.07, 6.45) is 2.28. The van der Waals surface area contributed by atoms with Crippen molar-refractivity contribution in [2.24, 2.45) is 0 Å². The summed E-state index contributed by atoms with van der Waals surface area (Å²) in [7, 11) is 0. The Morgan fingerprint density at radius 3 is 3.06 bits per heavy atom. The molecule has 0 saturated carbocycles. The van der Waals surface area contributed by atoms with Crippen LogP contribution in [0.3, 0.4) is 0 Å². The van der Waals surface area contributed by atoms with Crippen LogP contribution >= 0.6 is 15.9 Å². The molecule has 0 radical (unpaired) electrons. The third-order valence-electron chi connectivity index (χ3n) is 2.93. The highest BCUT2D eigenvalue weighted by Crippen LogP contribution is 2.19. The van der Waals surface area contributed by atoms with Gasteiger partial charge in [0.25, 0.3) is 0 Å². The largest absolute Gasteiger partial charge is 0.376 e. The molecule has 1 fully saturated rings. The Morgan fingerprint density at radius 1 is 1.56 bits per heavy atom. The van der Waals surface area contributed by atoms with Gasteiger partial charge in [-0.2, -0.15) is 0 Å². The number of ether oxygens (including phenoxy) is 1. The summed E-state index contributed by atoms with van der Waals surface area (Å²) in [5.74, 6) is 0. The average molecular weight is 313 g/mol. The highest BCUT2D eigenvalue weighted by atomic mass is 79.9. The van der Waals surface area contributed by atoms with Crippen LogP contribution in [0.5, 0.6) is 0 Å². The number of carbonyl (C=O) groups is 1. The highest BCUT2D eigenvalue weighted by molar-refractivity contribution is 9.10. The second-order valence-corrected chi connectivity index (χ2v) is 5.29. The van der Waals surface area contributed by atoms with Crippen LogP contribution < -0.4 is 10.6 Å². The molecule has 0 spiro atoms. The quantitative estimate of drug-likeness (QED) is 0.901. The molecule has 2 N–H and O–H groups in total. The fraction of sp³-hybridized carbons (Fsp3) is 0.462. The maximum absolute atomic E-state index is 11.7. The second kappa shape index (κ2) is 6.20. The molecule has 1 aromatic carbocycles. The number of nitrogens with one attached hydrogen (secondary N) is 2. The van der Waals surface area contributed by atoms with Crippen molar-refractivity contribution >= 4 is 27.6 Å².